The first-order valence-electron chi connectivity index (χ1n) is 9.57. The minimum absolute atomic E-state index is 0.0425. The van der Waals surface area contributed by atoms with Crippen molar-refractivity contribution in [2.45, 2.75) is 38.6 Å². The van der Waals surface area contributed by atoms with E-state index >= 15 is 0 Å². The van der Waals surface area contributed by atoms with E-state index in [-0.39, 0.29) is 17.4 Å². The molecule has 1 fully saturated rings. The van der Waals surface area contributed by atoms with Crippen LogP contribution in [0.3, 0.4) is 0 Å². The fourth-order valence-electron chi connectivity index (χ4n) is 4.26. The second-order valence-corrected chi connectivity index (χ2v) is 7.60. The quantitative estimate of drug-likeness (QED) is 0.580. The first-order valence-corrected chi connectivity index (χ1v) is 9.57. The minimum atomic E-state index is -0.0425. The molecule has 1 aromatic carbocycles. The summed E-state index contributed by atoms with van der Waals surface area (Å²) < 4.78 is 3.54. The van der Waals surface area contributed by atoms with Crippen molar-refractivity contribution < 1.29 is 5.11 Å². The molecule has 0 atom stereocenters. The van der Waals surface area contributed by atoms with Crippen LogP contribution < -0.4 is 5.56 Å². The Morgan fingerprint density at radius 1 is 1.25 bits per heavy atom. The summed E-state index contributed by atoms with van der Waals surface area (Å²) in [6.07, 6.45) is 9.73. The van der Waals surface area contributed by atoms with E-state index in [0.29, 0.717) is 27.9 Å². The first-order chi connectivity index (χ1) is 13.5. The summed E-state index contributed by atoms with van der Waals surface area (Å²) in [5, 5.41) is 16.5. The van der Waals surface area contributed by atoms with Crippen LogP contribution in [0.15, 0.2) is 35.5 Å². The zero-order valence-electron chi connectivity index (χ0n) is 15.9. The van der Waals surface area contributed by atoms with Crippen LogP contribution in [0.1, 0.15) is 37.3 Å². The molecule has 0 spiro atoms. The lowest BCUT2D eigenvalue weighted by atomic mass is 10.1. The third-order valence-electron chi connectivity index (χ3n) is 5.76. The zero-order chi connectivity index (χ0) is 19.4. The van der Waals surface area contributed by atoms with E-state index in [1.54, 1.807) is 10.9 Å². The van der Waals surface area contributed by atoms with Crippen molar-refractivity contribution >= 4 is 21.8 Å². The standard InChI is InChI=1S/C21H21N5O2/c1-12-18-13(11-25(2)24-18)9-15(19(12)27)20-22-10-16-17(23-20)7-8-26(21(16)28)14-5-3-4-6-14/h7-11,14,27H,3-6H2,1-2H3. The average Bonchev–Trinajstić information content (AvgIpc) is 3.34. The van der Waals surface area contributed by atoms with Crippen molar-refractivity contribution in [1.82, 2.24) is 24.3 Å². The Balaban J connectivity index is 1.66. The third-order valence-corrected chi connectivity index (χ3v) is 5.76. The van der Waals surface area contributed by atoms with Gasteiger partial charge in [0, 0.05) is 42.6 Å². The van der Waals surface area contributed by atoms with E-state index in [0.717, 1.165) is 23.7 Å². The highest BCUT2D eigenvalue weighted by atomic mass is 16.3. The normalized spacial score (nSPS) is 15.1. The Morgan fingerprint density at radius 3 is 2.82 bits per heavy atom. The highest BCUT2D eigenvalue weighted by Gasteiger charge is 2.20. The molecule has 0 amide bonds. The van der Waals surface area contributed by atoms with Gasteiger partial charge in [0.2, 0.25) is 0 Å². The molecule has 7 nitrogen and oxygen atoms in total. The Kier molecular flexibility index (Phi) is 3.72. The van der Waals surface area contributed by atoms with Crippen molar-refractivity contribution in [2.75, 3.05) is 0 Å². The molecule has 4 aromatic rings. The fourth-order valence-corrected chi connectivity index (χ4v) is 4.26. The van der Waals surface area contributed by atoms with E-state index < -0.39 is 0 Å². The SMILES string of the molecule is Cc1c(O)c(-c2ncc3c(=O)n(C4CCCC4)ccc3n2)cc2cn(C)nc12. The summed E-state index contributed by atoms with van der Waals surface area (Å²) in [6.45, 7) is 1.83. The van der Waals surface area contributed by atoms with Crippen LogP contribution in [0, 0.1) is 6.92 Å². The van der Waals surface area contributed by atoms with Crippen molar-refractivity contribution in [3.05, 3.63) is 46.6 Å². The van der Waals surface area contributed by atoms with Crippen LogP contribution in [0.2, 0.25) is 0 Å². The molecule has 1 N–H and O–H groups in total. The second kappa shape index (κ2) is 6.15. The maximum absolute atomic E-state index is 12.9. The van der Waals surface area contributed by atoms with Crippen LogP contribution in [0.5, 0.6) is 5.75 Å². The molecule has 0 radical (unpaired) electrons. The van der Waals surface area contributed by atoms with Gasteiger partial charge >= 0.3 is 0 Å². The smallest absolute Gasteiger partial charge is 0.261 e. The highest BCUT2D eigenvalue weighted by molar-refractivity contribution is 5.90. The molecule has 3 heterocycles. The largest absolute Gasteiger partial charge is 0.507 e. The van der Waals surface area contributed by atoms with Crippen molar-refractivity contribution in [3.8, 4) is 17.1 Å². The average molecular weight is 375 g/mol. The van der Waals surface area contributed by atoms with E-state index in [9.17, 15) is 9.90 Å². The van der Waals surface area contributed by atoms with Crippen LogP contribution >= 0.6 is 0 Å². The molecule has 0 aliphatic heterocycles. The number of fused-ring (bicyclic) bond motifs is 2. The van der Waals surface area contributed by atoms with Crippen LogP contribution in [-0.4, -0.2) is 29.4 Å². The van der Waals surface area contributed by atoms with Gasteiger partial charge in [0.1, 0.15) is 5.75 Å². The predicted molar refractivity (Wildman–Crippen MR) is 107 cm³/mol. The molecule has 142 valence electrons. The lowest BCUT2D eigenvalue weighted by molar-refractivity contribution is 0.473. The van der Waals surface area contributed by atoms with Crippen LogP contribution in [0.25, 0.3) is 33.2 Å². The number of nitrogens with zero attached hydrogens (tertiary/aromatic N) is 5. The van der Waals surface area contributed by atoms with E-state index in [4.69, 9.17) is 0 Å². The molecule has 3 aromatic heterocycles. The summed E-state index contributed by atoms with van der Waals surface area (Å²) in [6, 6.07) is 3.98. The molecular weight excluding hydrogens is 354 g/mol. The third kappa shape index (κ3) is 2.50. The van der Waals surface area contributed by atoms with Gasteiger partial charge in [-0.25, -0.2) is 9.97 Å². The van der Waals surface area contributed by atoms with E-state index in [1.807, 2.05) is 43.1 Å². The lowest BCUT2D eigenvalue weighted by Crippen LogP contribution is -2.23. The molecule has 1 aliphatic rings. The van der Waals surface area contributed by atoms with Gasteiger partial charge in [-0.05, 0) is 31.9 Å². The molecular formula is C21H21N5O2. The van der Waals surface area contributed by atoms with Gasteiger partial charge in [-0.2, -0.15) is 5.10 Å². The van der Waals surface area contributed by atoms with Crippen LogP contribution in [0.4, 0.5) is 0 Å². The number of rotatable bonds is 2. The highest BCUT2D eigenvalue weighted by Crippen LogP contribution is 2.35. The van der Waals surface area contributed by atoms with Gasteiger partial charge in [-0.1, -0.05) is 12.8 Å². The maximum Gasteiger partial charge on any atom is 0.261 e. The zero-order valence-corrected chi connectivity index (χ0v) is 15.9. The Bertz CT molecular complexity index is 1280. The van der Waals surface area contributed by atoms with Gasteiger partial charge in [0.05, 0.1) is 22.0 Å². The maximum atomic E-state index is 12.9. The van der Waals surface area contributed by atoms with Crippen molar-refractivity contribution in [2.24, 2.45) is 7.05 Å². The summed E-state index contributed by atoms with van der Waals surface area (Å²) in [5.41, 5.74) is 2.53. The second-order valence-electron chi connectivity index (χ2n) is 7.60. The fraction of sp³-hybridized carbons (Fsp3) is 0.333. The molecule has 5 rings (SSSR count). The van der Waals surface area contributed by atoms with Crippen LogP contribution in [-0.2, 0) is 7.05 Å². The van der Waals surface area contributed by atoms with Crippen molar-refractivity contribution in [3.63, 3.8) is 0 Å². The summed E-state index contributed by atoms with van der Waals surface area (Å²) in [4.78, 5) is 21.9. The molecule has 0 saturated heterocycles. The van der Waals surface area contributed by atoms with Gasteiger partial charge in [-0.15, -0.1) is 0 Å². The number of phenolic OH excluding ortho intramolecular Hbond substituents is 1. The number of aryl methyl sites for hydroxylation is 2. The number of phenols is 1. The topological polar surface area (TPSA) is 85.8 Å². The Hall–Kier alpha value is -3.22. The summed E-state index contributed by atoms with van der Waals surface area (Å²) >= 11 is 0. The van der Waals surface area contributed by atoms with Gasteiger partial charge < -0.3 is 9.67 Å². The van der Waals surface area contributed by atoms with Crippen molar-refractivity contribution in [1.29, 1.82) is 0 Å². The van der Waals surface area contributed by atoms with E-state index in [2.05, 4.69) is 15.1 Å². The Morgan fingerprint density at radius 2 is 2.04 bits per heavy atom. The van der Waals surface area contributed by atoms with Gasteiger partial charge in [-0.3, -0.25) is 9.48 Å². The number of hydrogen-bond donors (Lipinski definition) is 1. The van der Waals surface area contributed by atoms with Gasteiger partial charge in [0.15, 0.2) is 5.82 Å². The number of benzene rings is 1. The lowest BCUT2D eigenvalue weighted by Gasteiger charge is -2.14. The number of hydrogen-bond acceptors (Lipinski definition) is 5. The molecule has 1 aliphatic carbocycles. The van der Waals surface area contributed by atoms with E-state index in [1.165, 1.54) is 12.8 Å². The predicted octanol–water partition coefficient (Wildman–Crippen LogP) is 3.47. The molecule has 0 bridgehead atoms. The summed E-state index contributed by atoms with van der Waals surface area (Å²) in [5.74, 6) is 0.515. The number of aromatic nitrogens is 5. The summed E-state index contributed by atoms with van der Waals surface area (Å²) in [7, 11) is 1.85. The first kappa shape index (κ1) is 16.9. The monoisotopic (exact) mass is 375 g/mol. The molecule has 1 saturated carbocycles. The molecule has 28 heavy (non-hydrogen) atoms. The Labute approximate surface area is 161 Å². The molecule has 7 heteroatoms. The van der Waals surface area contributed by atoms with Gasteiger partial charge in [0.25, 0.3) is 5.56 Å². The number of pyridine rings is 1. The molecule has 0 unspecified atom stereocenters. The number of aromatic hydroxyl groups is 1. The minimum Gasteiger partial charge on any atom is -0.507 e.